The first-order chi connectivity index (χ1) is 9.81. The fourth-order valence-electron chi connectivity index (χ4n) is 2.64. The largest absolute Gasteiger partial charge is 0.379 e. The Morgan fingerprint density at radius 1 is 1.20 bits per heavy atom. The minimum absolute atomic E-state index is 0.750. The smallest absolute Gasteiger partial charge is 0.0594 e. The molecule has 0 spiro atoms. The summed E-state index contributed by atoms with van der Waals surface area (Å²) in [6, 6.07) is 8.61. The van der Waals surface area contributed by atoms with Gasteiger partial charge in [-0.05, 0) is 31.5 Å². The number of rotatable bonds is 7. The van der Waals surface area contributed by atoms with Crippen molar-refractivity contribution in [3.05, 3.63) is 29.8 Å². The van der Waals surface area contributed by atoms with Crippen LogP contribution in [0, 0.1) is 6.92 Å². The first-order valence-corrected chi connectivity index (χ1v) is 7.62. The number of benzene rings is 1. The van der Waals surface area contributed by atoms with E-state index in [0.717, 1.165) is 58.9 Å². The third-order valence-corrected chi connectivity index (χ3v) is 3.88. The normalized spacial score (nSPS) is 16.3. The van der Waals surface area contributed by atoms with Crippen molar-refractivity contribution in [2.24, 2.45) is 5.73 Å². The number of hydrogen-bond donors (Lipinski definition) is 1. The highest BCUT2D eigenvalue weighted by molar-refractivity contribution is 5.52. The number of hydrogen-bond acceptors (Lipinski definition) is 4. The van der Waals surface area contributed by atoms with Gasteiger partial charge < -0.3 is 15.4 Å². The fourth-order valence-corrected chi connectivity index (χ4v) is 2.64. The lowest BCUT2D eigenvalue weighted by Gasteiger charge is -2.32. The van der Waals surface area contributed by atoms with E-state index in [1.807, 2.05) is 0 Å². The number of anilines is 1. The summed E-state index contributed by atoms with van der Waals surface area (Å²) in [5, 5.41) is 0. The number of para-hydroxylation sites is 1. The maximum absolute atomic E-state index is 5.68. The Kier molecular flexibility index (Phi) is 6.30. The molecule has 1 heterocycles. The third-order valence-electron chi connectivity index (χ3n) is 3.88. The Morgan fingerprint density at radius 3 is 2.65 bits per heavy atom. The van der Waals surface area contributed by atoms with E-state index in [2.05, 4.69) is 41.0 Å². The molecule has 0 atom stereocenters. The molecule has 1 aliphatic heterocycles. The van der Waals surface area contributed by atoms with Gasteiger partial charge in [-0.2, -0.15) is 0 Å². The predicted octanol–water partition coefficient (Wildman–Crippen LogP) is 1.48. The van der Waals surface area contributed by atoms with E-state index in [-0.39, 0.29) is 0 Å². The first kappa shape index (κ1) is 15.3. The van der Waals surface area contributed by atoms with E-state index in [0.29, 0.717) is 0 Å². The highest BCUT2D eigenvalue weighted by Crippen LogP contribution is 2.19. The van der Waals surface area contributed by atoms with Gasteiger partial charge in [-0.25, -0.2) is 0 Å². The topological polar surface area (TPSA) is 41.7 Å². The van der Waals surface area contributed by atoms with Gasteiger partial charge in [0.05, 0.1) is 13.2 Å². The number of ether oxygens (including phenoxy) is 1. The lowest BCUT2D eigenvalue weighted by molar-refractivity contribution is 0.0391. The van der Waals surface area contributed by atoms with Gasteiger partial charge in [-0.3, -0.25) is 4.90 Å². The summed E-state index contributed by atoms with van der Waals surface area (Å²) in [6.07, 6.45) is 1.04. The van der Waals surface area contributed by atoms with Crippen LogP contribution in [0.4, 0.5) is 5.69 Å². The van der Waals surface area contributed by atoms with E-state index >= 15 is 0 Å². The monoisotopic (exact) mass is 277 g/mol. The zero-order chi connectivity index (χ0) is 14.2. The molecule has 2 N–H and O–H groups in total. The van der Waals surface area contributed by atoms with Crippen molar-refractivity contribution in [1.29, 1.82) is 0 Å². The lowest BCUT2D eigenvalue weighted by Crippen LogP contribution is -2.42. The molecular weight excluding hydrogens is 250 g/mol. The Bertz CT molecular complexity index is 391. The Hall–Kier alpha value is -1.10. The third kappa shape index (κ3) is 4.47. The van der Waals surface area contributed by atoms with Gasteiger partial charge in [0.2, 0.25) is 0 Å². The van der Waals surface area contributed by atoms with Crippen LogP contribution in [-0.4, -0.2) is 57.4 Å². The standard InChI is InChI=1S/C16H27N3O/c1-15-5-2-3-6-16(15)19(8-4-7-17)10-9-18-11-13-20-14-12-18/h2-3,5-6H,4,7-14,17H2,1H3. The number of nitrogens with two attached hydrogens (primary N) is 1. The molecule has 0 amide bonds. The molecule has 1 aliphatic rings. The van der Waals surface area contributed by atoms with Crippen molar-refractivity contribution < 1.29 is 4.74 Å². The van der Waals surface area contributed by atoms with Crippen LogP contribution in [0.2, 0.25) is 0 Å². The minimum atomic E-state index is 0.750. The van der Waals surface area contributed by atoms with Gasteiger partial charge in [0.25, 0.3) is 0 Å². The summed E-state index contributed by atoms with van der Waals surface area (Å²) < 4.78 is 5.40. The van der Waals surface area contributed by atoms with Crippen LogP contribution in [0.25, 0.3) is 0 Å². The highest BCUT2D eigenvalue weighted by atomic mass is 16.5. The second-order valence-electron chi connectivity index (χ2n) is 5.37. The molecule has 2 rings (SSSR count). The van der Waals surface area contributed by atoms with Crippen molar-refractivity contribution in [2.75, 3.05) is 57.4 Å². The van der Waals surface area contributed by atoms with Crippen molar-refractivity contribution in [3.63, 3.8) is 0 Å². The summed E-state index contributed by atoms with van der Waals surface area (Å²) in [7, 11) is 0. The van der Waals surface area contributed by atoms with Crippen LogP contribution >= 0.6 is 0 Å². The maximum atomic E-state index is 5.68. The molecule has 0 aromatic heterocycles. The predicted molar refractivity (Wildman–Crippen MR) is 84.3 cm³/mol. The summed E-state index contributed by atoms with van der Waals surface area (Å²) in [5.41, 5.74) is 8.36. The Labute approximate surface area is 122 Å². The molecule has 1 aromatic rings. The lowest BCUT2D eigenvalue weighted by atomic mass is 10.1. The molecule has 4 heteroatoms. The number of morpholine rings is 1. The first-order valence-electron chi connectivity index (χ1n) is 7.62. The average Bonchev–Trinajstić information content (AvgIpc) is 2.49. The van der Waals surface area contributed by atoms with Crippen LogP contribution in [0.5, 0.6) is 0 Å². The number of nitrogens with zero attached hydrogens (tertiary/aromatic N) is 2. The van der Waals surface area contributed by atoms with Crippen LogP contribution in [0.3, 0.4) is 0 Å². The van der Waals surface area contributed by atoms with Gasteiger partial charge in [0.15, 0.2) is 0 Å². The average molecular weight is 277 g/mol. The van der Waals surface area contributed by atoms with Crippen molar-refractivity contribution in [3.8, 4) is 0 Å². The summed E-state index contributed by atoms with van der Waals surface area (Å²) >= 11 is 0. The molecule has 4 nitrogen and oxygen atoms in total. The zero-order valence-corrected chi connectivity index (χ0v) is 12.6. The summed E-state index contributed by atoms with van der Waals surface area (Å²) in [4.78, 5) is 4.95. The van der Waals surface area contributed by atoms with Crippen LogP contribution in [-0.2, 0) is 4.74 Å². The Balaban J connectivity index is 1.94. The molecule has 1 saturated heterocycles. The van der Waals surface area contributed by atoms with E-state index in [4.69, 9.17) is 10.5 Å². The van der Waals surface area contributed by atoms with Crippen LogP contribution < -0.4 is 10.6 Å². The van der Waals surface area contributed by atoms with E-state index in [9.17, 15) is 0 Å². The van der Waals surface area contributed by atoms with Crippen LogP contribution in [0.1, 0.15) is 12.0 Å². The molecule has 0 saturated carbocycles. The van der Waals surface area contributed by atoms with Gasteiger partial charge in [0, 0.05) is 38.4 Å². The summed E-state index contributed by atoms with van der Waals surface area (Å²) in [6.45, 7) is 9.97. The SMILES string of the molecule is Cc1ccccc1N(CCCN)CCN1CCOCC1. The van der Waals surface area contributed by atoms with Crippen molar-refractivity contribution in [2.45, 2.75) is 13.3 Å². The number of aryl methyl sites for hydroxylation is 1. The quantitative estimate of drug-likeness (QED) is 0.820. The maximum Gasteiger partial charge on any atom is 0.0594 e. The van der Waals surface area contributed by atoms with Crippen molar-refractivity contribution >= 4 is 5.69 Å². The highest BCUT2D eigenvalue weighted by Gasteiger charge is 2.13. The van der Waals surface area contributed by atoms with Gasteiger partial charge >= 0.3 is 0 Å². The molecule has 20 heavy (non-hydrogen) atoms. The zero-order valence-electron chi connectivity index (χ0n) is 12.6. The van der Waals surface area contributed by atoms with E-state index in [1.54, 1.807) is 0 Å². The molecule has 0 aliphatic carbocycles. The molecule has 1 fully saturated rings. The van der Waals surface area contributed by atoms with Crippen LogP contribution in [0.15, 0.2) is 24.3 Å². The summed E-state index contributed by atoms with van der Waals surface area (Å²) in [5.74, 6) is 0. The molecule has 0 unspecified atom stereocenters. The van der Waals surface area contributed by atoms with E-state index in [1.165, 1.54) is 11.3 Å². The molecule has 0 radical (unpaired) electrons. The van der Waals surface area contributed by atoms with Crippen molar-refractivity contribution in [1.82, 2.24) is 4.90 Å². The van der Waals surface area contributed by atoms with Gasteiger partial charge in [-0.15, -0.1) is 0 Å². The van der Waals surface area contributed by atoms with Gasteiger partial charge in [-0.1, -0.05) is 18.2 Å². The van der Waals surface area contributed by atoms with E-state index < -0.39 is 0 Å². The second-order valence-corrected chi connectivity index (χ2v) is 5.37. The second kappa shape index (κ2) is 8.25. The molecule has 112 valence electrons. The molecule has 0 bridgehead atoms. The molecule has 1 aromatic carbocycles. The fraction of sp³-hybridized carbons (Fsp3) is 0.625. The molecular formula is C16H27N3O. The van der Waals surface area contributed by atoms with Gasteiger partial charge in [0.1, 0.15) is 0 Å². The Morgan fingerprint density at radius 2 is 1.95 bits per heavy atom. The minimum Gasteiger partial charge on any atom is -0.379 e.